The van der Waals surface area contributed by atoms with Crippen LogP contribution < -0.4 is 5.48 Å². The van der Waals surface area contributed by atoms with Crippen molar-refractivity contribution in [2.45, 2.75) is 38.3 Å². The highest BCUT2D eigenvalue weighted by Gasteiger charge is 2.41. The van der Waals surface area contributed by atoms with Crippen molar-refractivity contribution in [2.75, 3.05) is 13.1 Å². The molecule has 0 radical (unpaired) electrons. The lowest BCUT2D eigenvalue weighted by Crippen LogP contribution is -2.56. The molecular formula is C17H22N4O4S. The Kier molecular flexibility index (Phi) is 4.47. The number of aromatic nitrogens is 1. The Balaban J connectivity index is 1.63. The van der Waals surface area contributed by atoms with Gasteiger partial charge in [-0.1, -0.05) is 24.6 Å². The Morgan fingerprint density at radius 1 is 1.23 bits per heavy atom. The van der Waals surface area contributed by atoms with Gasteiger partial charge in [-0.2, -0.15) is 17.0 Å². The second kappa shape index (κ2) is 6.66. The molecule has 2 aliphatic heterocycles. The van der Waals surface area contributed by atoms with Crippen molar-refractivity contribution < 1.29 is 18.4 Å². The number of fused-ring (bicyclic) bond motifs is 3. The van der Waals surface area contributed by atoms with Crippen LogP contribution in [0.2, 0.25) is 0 Å². The number of piperidine rings is 1. The lowest BCUT2D eigenvalue weighted by atomic mass is 10.0. The number of carbonyl (C=O) groups is 1. The fourth-order valence-electron chi connectivity index (χ4n) is 4.03. The van der Waals surface area contributed by atoms with Crippen LogP contribution in [0.25, 0.3) is 10.9 Å². The van der Waals surface area contributed by atoms with Crippen LogP contribution in [0.3, 0.4) is 0 Å². The van der Waals surface area contributed by atoms with Crippen LogP contribution in [-0.2, 0) is 28.0 Å². The molecule has 0 bridgehead atoms. The maximum absolute atomic E-state index is 13.2. The standard InChI is InChI=1S/C17H22N4O4S/c22-17(19-23)16-7-3-4-9-21(16)26(24,25)20-10-8-13-12-5-1-2-6-14(12)18-15(13)11-20/h1-2,5-6,16,18,23H,3-4,7-11H2,(H,19,22)/t16-/m1/s1. The molecule has 8 nitrogen and oxygen atoms in total. The lowest BCUT2D eigenvalue weighted by molar-refractivity contribution is -0.134. The number of para-hydroxylation sites is 1. The minimum atomic E-state index is -3.79. The van der Waals surface area contributed by atoms with E-state index in [0.717, 1.165) is 28.6 Å². The Hall–Kier alpha value is -1.94. The lowest BCUT2D eigenvalue weighted by Gasteiger charge is -2.37. The van der Waals surface area contributed by atoms with Gasteiger partial charge in [0, 0.05) is 29.7 Å². The van der Waals surface area contributed by atoms with E-state index < -0.39 is 22.2 Å². The number of hydrogen-bond donors (Lipinski definition) is 3. The zero-order chi connectivity index (χ0) is 18.3. The van der Waals surface area contributed by atoms with Crippen molar-refractivity contribution in [1.29, 1.82) is 0 Å². The monoisotopic (exact) mass is 378 g/mol. The quantitative estimate of drug-likeness (QED) is 0.550. The molecule has 1 fully saturated rings. The summed E-state index contributed by atoms with van der Waals surface area (Å²) < 4.78 is 29.0. The first-order chi connectivity index (χ1) is 12.5. The molecule has 1 aromatic carbocycles. The van der Waals surface area contributed by atoms with Crippen LogP contribution in [0.1, 0.15) is 30.5 Å². The molecule has 1 saturated heterocycles. The Labute approximate surface area is 151 Å². The van der Waals surface area contributed by atoms with Gasteiger partial charge in [-0.3, -0.25) is 10.0 Å². The van der Waals surface area contributed by atoms with Crippen LogP contribution in [-0.4, -0.2) is 52.3 Å². The van der Waals surface area contributed by atoms with Crippen molar-refractivity contribution in [1.82, 2.24) is 19.1 Å². The van der Waals surface area contributed by atoms with Crippen LogP contribution in [0.15, 0.2) is 24.3 Å². The molecule has 1 atom stereocenters. The van der Waals surface area contributed by atoms with Crippen LogP contribution in [0.4, 0.5) is 0 Å². The Bertz CT molecular complexity index is 939. The highest BCUT2D eigenvalue weighted by Crippen LogP contribution is 2.31. The summed E-state index contributed by atoms with van der Waals surface area (Å²) >= 11 is 0. The zero-order valence-corrected chi connectivity index (χ0v) is 15.1. The largest absolute Gasteiger partial charge is 0.357 e. The van der Waals surface area contributed by atoms with E-state index in [2.05, 4.69) is 4.98 Å². The number of hydroxylamine groups is 1. The maximum Gasteiger partial charge on any atom is 0.283 e. The van der Waals surface area contributed by atoms with Crippen molar-refractivity contribution >= 4 is 27.0 Å². The van der Waals surface area contributed by atoms with E-state index in [4.69, 9.17) is 5.21 Å². The molecule has 2 aliphatic rings. The van der Waals surface area contributed by atoms with Crippen molar-refractivity contribution in [2.24, 2.45) is 0 Å². The maximum atomic E-state index is 13.2. The summed E-state index contributed by atoms with van der Waals surface area (Å²) in [5, 5.41) is 10.1. The summed E-state index contributed by atoms with van der Waals surface area (Å²) in [6.45, 7) is 0.925. The average molecular weight is 378 g/mol. The van der Waals surface area contributed by atoms with Crippen LogP contribution in [0.5, 0.6) is 0 Å². The Morgan fingerprint density at radius 2 is 2.04 bits per heavy atom. The van der Waals surface area contributed by atoms with Gasteiger partial charge in [-0.15, -0.1) is 0 Å². The first-order valence-electron chi connectivity index (χ1n) is 8.81. The number of rotatable bonds is 3. The van der Waals surface area contributed by atoms with E-state index in [9.17, 15) is 13.2 Å². The molecule has 0 spiro atoms. The zero-order valence-electron chi connectivity index (χ0n) is 14.3. The first-order valence-corrected chi connectivity index (χ1v) is 10.2. The summed E-state index contributed by atoms with van der Waals surface area (Å²) in [4.78, 5) is 15.3. The van der Waals surface area contributed by atoms with Gasteiger partial charge in [-0.25, -0.2) is 5.48 Å². The fraction of sp³-hybridized carbons (Fsp3) is 0.471. The molecule has 0 aliphatic carbocycles. The van der Waals surface area contributed by atoms with Gasteiger partial charge >= 0.3 is 0 Å². The van der Waals surface area contributed by atoms with E-state index in [-0.39, 0.29) is 13.1 Å². The number of H-pyrrole nitrogens is 1. The number of nitrogens with zero attached hydrogens (tertiary/aromatic N) is 2. The van der Waals surface area contributed by atoms with Gasteiger partial charge in [0.25, 0.3) is 16.1 Å². The third-order valence-corrected chi connectivity index (χ3v) is 7.33. The summed E-state index contributed by atoms with van der Waals surface area (Å²) in [7, 11) is -3.79. The van der Waals surface area contributed by atoms with Crippen LogP contribution >= 0.6 is 0 Å². The number of aromatic amines is 1. The molecule has 0 unspecified atom stereocenters. The molecule has 3 heterocycles. The summed E-state index contributed by atoms with van der Waals surface area (Å²) in [5.74, 6) is -0.670. The smallest absolute Gasteiger partial charge is 0.283 e. The van der Waals surface area contributed by atoms with E-state index in [1.165, 1.54) is 8.61 Å². The summed E-state index contributed by atoms with van der Waals surface area (Å²) in [6.07, 6.45) is 2.51. The van der Waals surface area contributed by atoms with Gasteiger partial charge in [0.15, 0.2) is 0 Å². The third kappa shape index (κ3) is 2.81. The molecule has 4 rings (SSSR count). The fourth-order valence-corrected chi connectivity index (χ4v) is 5.82. The number of nitrogens with one attached hydrogen (secondary N) is 2. The predicted molar refractivity (Wildman–Crippen MR) is 95.6 cm³/mol. The van der Waals surface area contributed by atoms with E-state index in [0.29, 0.717) is 25.8 Å². The normalized spacial score (nSPS) is 22.3. The molecule has 1 aromatic heterocycles. The summed E-state index contributed by atoms with van der Waals surface area (Å²) in [5.41, 5.74) is 4.68. The van der Waals surface area contributed by atoms with E-state index >= 15 is 0 Å². The SMILES string of the molecule is O=C(NO)[C@H]1CCCCN1S(=O)(=O)N1CCc2c([nH]c3ccccc23)C1. The van der Waals surface area contributed by atoms with E-state index in [1.807, 2.05) is 24.3 Å². The van der Waals surface area contributed by atoms with Crippen molar-refractivity contribution in [3.63, 3.8) is 0 Å². The van der Waals surface area contributed by atoms with Gasteiger partial charge in [0.2, 0.25) is 0 Å². The topological polar surface area (TPSA) is 106 Å². The van der Waals surface area contributed by atoms with E-state index in [1.54, 1.807) is 5.48 Å². The van der Waals surface area contributed by atoms with Gasteiger partial charge in [0.1, 0.15) is 6.04 Å². The third-order valence-electron chi connectivity index (χ3n) is 5.34. The molecule has 0 saturated carbocycles. The first kappa shape index (κ1) is 17.5. The highest BCUT2D eigenvalue weighted by molar-refractivity contribution is 7.86. The molecule has 140 valence electrons. The molecule has 9 heteroatoms. The second-order valence-electron chi connectivity index (χ2n) is 6.82. The molecular weight excluding hydrogens is 356 g/mol. The molecule has 2 aromatic rings. The highest BCUT2D eigenvalue weighted by atomic mass is 32.2. The van der Waals surface area contributed by atoms with Gasteiger partial charge in [0.05, 0.1) is 6.54 Å². The number of hydrogen-bond acceptors (Lipinski definition) is 4. The molecule has 1 amide bonds. The van der Waals surface area contributed by atoms with Crippen molar-refractivity contribution in [3.8, 4) is 0 Å². The number of amides is 1. The average Bonchev–Trinajstić information content (AvgIpc) is 3.05. The molecule has 3 N–H and O–H groups in total. The number of carbonyl (C=O) groups excluding carboxylic acids is 1. The number of benzene rings is 1. The molecule has 26 heavy (non-hydrogen) atoms. The van der Waals surface area contributed by atoms with Crippen molar-refractivity contribution in [3.05, 3.63) is 35.5 Å². The van der Waals surface area contributed by atoms with Gasteiger partial charge in [-0.05, 0) is 30.9 Å². The predicted octanol–water partition coefficient (Wildman–Crippen LogP) is 1.13. The van der Waals surface area contributed by atoms with Crippen LogP contribution in [0, 0.1) is 0 Å². The minimum Gasteiger partial charge on any atom is -0.357 e. The minimum absolute atomic E-state index is 0.260. The Morgan fingerprint density at radius 3 is 2.85 bits per heavy atom. The summed E-state index contributed by atoms with van der Waals surface area (Å²) in [6, 6.07) is 7.10. The second-order valence-corrected chi connectivity index (χ2v) is 8.70. The van der Waals surface area contributed by atoms with Gasteiger partial charge < -0.3 is 4.98 Å².